The standard InChI is InChI=1S/C35H30N2/c1-35(2)31-19-10-9-18-30(31)33-32(35)21-20-29(27-15-7-4-8-16-27)34(33)37-28-17-11-14-26(22-28)24-36-23-25-12-5-3-6-13-25/h3-23,37H,24H2,1-2H3. The fraction of sp³-hybridized carbons (Fsp3) is 0.114. The summed E-state index contributed by atoms with van der Waals surface area (Å²) in [6, 6.07) is 42.9. The highest BCUT2D eigenvalue weighted by atomic mass is 14.9. The smallest absolute Gasteiger partial charge is 0.0640 e. The second kappa shape index (κ2) is 9.55. The van der Waals surface area contributed by atoms with Crippen LogP contribution in [0.3, 0.4) is 0 Å². The zero-order valence-electron chi connectivity index (χ0n) is 21.3. The van der Waals surface area contributed by atoms with Gasteiger partial charge >= 0.3 is 0 Å². The molecule has 0 unspecified atom stereocenters. The minimum atomic E-state index is -0.0500. The van der Waals surface area contributed by atoms with Crippen LogP contribution in [0, 0.1) is 0 Å². The molecule has 1 aliphatic rings. The van der Waals surface area contributed by atoms with E-state index in [-0.39, 0.29) is 5.41 Å². The first kappa shape index (κ1) is 23.0. The Hall–Kier alpha value is -4.43. The van der Waals surface area contributed by atoms with Crippen molar-refractivity contribution in [2.24, 2.45) is 4.99 Å². The number of rotatable bonds is 6. The van der Waals surface area contributed by atoms with Gasteiger partial charge < -0.3 is 5.32 Å². The highest BCUT2D eigenvalue weighted by Gasteiger charge is 2.37. The summed E-state index contributed by atoms with van der Waals surface area (Å²) >= 11 is 0. The molecule has 0 fully saturated rings. The third-order valence-corrected chi connectivity index (χ3v) is 7.34. The van der Waals surface area contributed by atoms with E-state index in [0.717, 1.165) is 16.9 Å². The predicted octanol–water partition coefficient (Wildman–Crippen LogP) is 9.02. The number of anilines is 2. The Labute approximate surface area is 219 Å². The number of fused-ring (bicyclic) bond motifs is 3. The van der Waals surface area contributed by atoms with Crippen LogP contribution in [0.25, 0.3) is 22.3 Å². The number of aliphatic imine (C=N–C) groups is 1. The van der Waals surface area contributed by atoms with Gasteiger partial charge in [-0.15, -0.1) is 0 Å². The van der Waals surface area contributed by atoms with E-state index >= 15 is 0 Å². The molecule has 0 saturated heterocycles. The molecule has 0 atom stereocenters. The first-order valence-corrected chi connectivity index (χ1v) is 12.8. The molecule has 0 radical (unpaired) electrons. The van der Waals surface area contributed by atoms with E-state index in [4.69, 9.17) is 0 Å². The molecule has 5 aromatic carbocycles. The summed E-state index contributed by atoms with van der Waals surface area (Å²) in [6.07, 6.45) is 1.94. The SMILES string of the molecule is CC1(C)c2ccccc2-c2c1ccc(-c1ccccc1)c2Nc1cccc(CN=Cc2ccccc2)c1. The Morgan fingerprint density at radius 3 is 2.22 bits per heavy atom. The van der Waals surface area contributed by atoms with Crippen molar-refractivity contribution in [2.45, 2.75) is 25.8 Å². The molecule has 0 heterocycles. The number of hydrogen-bond donors (Lipinski definition) is 1. The molecule has 2 nitrogen and oxygen atoms in total. The first-order chi connectivity index (χ1) is 18.1. The van der Waals surface area contributed by atoms with Gasteiger partial charge in [0.05, 0.1) is 12.2 Å². The summed E-state index contributed by atoms with van der Waals surface area (Å²) in [7, 11) is 0. The van der Waals surface area contributed by atoms with Crippen molar-refractivity contribution < 1.29 is 0 Å². The highest BCUT2D eigenvalue weighted by molar-refractivity contribution is 5.98. The quantitative estimate of drug-likeness (QED) is 0.242. The van der Waals surface area contributed by atoms with Gasteiger partial charge in [-0.2, -0.15) is 0 Å². The number of hydrogen-bond acceptors (Lipinski definition) is 2. The molecule has 0 spiro atoms. The van der Waals surface area contributed by atoms with Crippen LogP contribution in [0.5, 0.6) is 0 Å². The maximum Gasteiger partial charge on any atom is 0.0640 e. The summed E-state index contributed by atoms with van der Waals surface area (Å²) in [5, 5.41) is 3.85. The molecule has 5 aromatic rings. The lowest BCUT2D eigenvalue weighted by molar-refractivity contribution is 0.660. The monoisotopic (exact) mass is 478 g/mol. The summed E-state index contributed by atoms with van der Waals surface area (Å²) in [5.41, 5.74) is 12.2. The molecule has 0 saturated carbocycles. The Bertz CT molecular complexity index is 1580. The summed E-state index contributed by atoms with van der Waals surface area (Å²) in [5.74, 6) is 0. The van der Waals surface area contributed by atoms with Crippen LogP contribution in [0.4, 0.5) is 11.4 Å². The molecule has 1 N–H and O–H groups in total. The highest BCUT2D eigenvalue weighted by Crippen LogP contribution is 2.54. The van der Waals surface area contributed by atoms with Crippen molar-refractivity contribution in [1.82, 2.24) is 0 Å². The van der Waals surface area contributed by atoms with Crippen LogP contribution in [0.2, 0.25) is 0 Å². The average molecular weight is 479 g/mol. The third-order valence-electron chi connectivity index (χ3n) is 7.34. The molecule has 0 aliphatic heterocycles. The Balaban J connectivity index is 1.42. The van der Waals surface area contributed by atoms with Crippen molar-refractivity contribution >= 4 is 17.6 Å². The second-order valence-electron chi connectivity index (χ2n) is 10.2. The molecule has 37 heavy (non-hydrogen) atoms. The second-order valence-corrected chi connectivity index (χ2v) is 10.2. The van der Waals surface area contributed by atoms with Crippen LogP contribution in [-0.2, 0) is 12.0 Å². The van der Waals surface area contributed by atoms with Crippen LogP contribution >= 0.6 is 0 Å². The number of nitrogens with zero attached hydrogens (tertiary/aromatic N) is 1. The van der Waals surface area contributed by atoms with E-state index in [1.807, 2.05) is 24.4 Å². The lowest BCUT2D eigenvalue weighted by Crippen LogP contribution is -2.15. The van der Waals surface area contributed by atoms with E-state index in [1.165, 1.54) is 38.9 Å². The van der Waals surface area contributed by atoms with Gasteiger partial charge in [-0.3, -0.25) is 4.99 Å². The summed E-state index contributed by atoms with van der Waals surface area (Å²) in [6.45, 7) is 5.29. The predicted molar refractivity (Wildman–Crippen MR) is 157 cm³/mol. The molecule has 1 aliphatic carbocycles. The van der Waals surface area contributed by atoms with Gasteiger partial charge in [0.2, 0.25) is 0 Å². The average Bonchev–Trinajstić information content (AvgIpc) is 3.17. The zero-order valence-corrected chi connectivity index (χ0v) is 21.3. The van der Waals surface area contributed by atoms with E-state index in [2.05, 4.69) is 127 Å². The van der Waals surface area contributed by atoms with Gasteiger partial charge in [0.1, 0.15) is 0 Å². The van der Waals surface area contributed by atoms with Gasteiger partial charge in [-0.1, -0.05) is 123 Å². The van der Waals surface area contributed by atoms with Crippen molar-refractivity contribution in [3.8, 4) is 22.3 Å². The minimum absolute atomic E-state index is 0.0500. The van der Waals surface area contributed by atoms with Crippen molar-refractivity contribution in [1.29, 1.82) is 0 Å². The molecule has 2 heteroatoms. The van der Waals surface area contributed by atoms with E-state index in [1.54, 1.807) is 0 Å². The van der Waals surface area contributed by atoms with Gasteiger partial charge in [-0.25, -0.2) is 0 Å². The summed E-state index contributed by atoms with van der Waals surface area (Å²) in [4.78, 5) is 4.68. The molecule has 0 bridgehead atoms. The number of nitrogens with one attached hydrogen (secondary N) is 1. The van der Waals surface area contributed by atoms with Gasteiger partial charge in [-0.05, 0) is 45.5 Å². The molecular formula is C35H30N2. The molecule has 180 valence electrons. The Kier molecular flexibility index (Phi) is 5.94. The maximum atomic E-state index is 4.68. The topological polar surface area (TPSA) is 24.4 Å². The normalized spacial score (nSPS) is 13.4. The van der Waals surface area contributed by atoms with Crippen LogP contribution < -0.4 is 5.32 Å². The largest absolute Gasteiger partial charge is 0.354 e. The van der Waals surface area contributed by atoms with Gasteiger partial charge in [0.25, 0.3) is 0 Å². The van der Waals surface area contributed by atoms with Crippen LogP contribution in [-0.4, -0.2) is 6.21 Å². The van der Waals surface area contributed by atoms with Crippen molar-refractivity contribution in [3.05, 3.63) is 144 Å². The van der Waals surface area contributed by atoms with E-state index in [9.17, 15) is 0 Å². The zero-order chi connectivity index (χ0) is 25.2. The minimum Gasteiger partial charge on any atom is -0.354 e. The molecular weight excluding hydrogens is 448 g/mol. The summed E-state index contributed by atoms with van der Waals surface area (Å²) < 4.78 is 0. The Morgan fingerprint density at radius 2 is 1.41 bits per heavy atom. The van der Waals surface area contributed by atoms with E-state index in [0.29, 0.717) is 6.54 Å². The molecule has 0 aromatic heterocycles. The van der Waals surface area contributed by atoms with Crippen molar-refractivity contribution in [3.63, 3.8) is 0 Å². The Morgan fingerprint density at radius 1 is 0.676 bits per heavy atom. The third kappa shape index (κ3) is 4.36. The molecule has 6 rings (SSSR count). The lowest BCUT2D eigenvalue weighted by atomic mass is 9.82. The maximum absolute atomic E-state index is 4.68. The number of benzene rings is 5. The van der Waals surface area contributed by atoms with Gasteiger partial charge in [0, 0.05) is 28.4 Å². The molecule has 0 amide bonds. The first-order valence-electron chi connectivity index (χ1n) is 12.8. The van der Waals surface area contributed by atoms with Crippen LogP contribution in [0.15, 0.2) is 126 Å². The van der Waals surface area contributed by atoms with E-state index < -0.39 is 0 Å². The fourth-order valence-corrected chi connectivity index (χ4v) is 5.47. The lowest BCUT2D eigenvalue weighted by Gasteiger charge is -2.23. The van der Waals surface area contributed by atoms with Crippen molar-refractivity contribution in [2.75, 3.05) is 5.32 Å². The van der Waals surface area contributed by atoms with Crippen LogP contribution in [0.1, 0.15) is 36.1 Å². The fourth-order valence-electron chi connectivity index (χ4n) is 5.47. The van der Waals surface area contributed by atoms with Gasteiger partial charge in [0.15, 0.2) is 0 Å².